The van der Waals surface area contributed by atoms with Gasteiger partial charge in [0, 0.05) is 15.7 Å². The second-order valence-corrected chi connectivity index (χ2v) is 8.68. The summed E-state index contributed by atoms with van der Waals surface area (Å²) in [4.78, 5) is 17.9. The van der Waals surface area contributed by atoms with E-state index in [4.69, 9.17) is 9.47 Å². The highest BCUT2D eigenvalue weighted by atomic mass is 79.9. The highest BCUT2D eigenvalue weighted by Gasteiger charge is 2.37. The molecule has 1 aliphatic rings. The number of carbonyl (C=O) groups is 1. The number of carbonyl (C=O) groups excluding carboxylic acids is 1. The van der Waals surface area contributed by atoms with Gasteiger partial charge in [0.15, 0.2) is 0 Å². The molecule has 1 aromatic heterocycles. The van der Waals surface area contributed by atoms with E-state index in [0.29, 0.717) is 32.8 Å². The number of ether oxygens (including phenoxy) is 2. The van der Waals surface area contributed by atoms with Crippen molar-refractivity contribution in [2.24, 2.45) is 0 Å². The fraction of sp³-hybridized carbons (Fsp3) is 0.333. The van der Waals surface area contributed by atoms with Gasteiger partial charge in [0.1, 0.15) is 5.75 Å². The van der Waals surface area contributed by atoms with Gasteiger partial charge in [0.05, 0.1) is 29.3 Å². The van der Waals surface area contributed by atoms with Crippen LogP contribution in [0.4, 0.5) is 14.7 Å². The molecule has 0 aliphatic carbocycles. The van der Waals surface area contributed by atoms with Gasteiger partial charge in [-0.1, -0.05) is 47.8 Å². The van der Waals surface area contributed by atoms with Gasteiger partial charge in [-0.3, -0.25) is 4.57 Å². The van der Waals surface area contributed by atoms with E-state index in [0.717, 1.165) is 24.8 Å². The predicted octanol–water partition coefficient (Wildman–Crippen LogP) is 6.42. The number of aromatic nitrogens is 2. The van der Waals surface area contributed by atoms with Crippen molar-refractivity contribution in [2.75, 3.05) is 11.9 Å². The van der Waals surface area contributed by atoms with Crippen LogP contribution in [0, 0.1) is 0 Å². The molecule has 1 N–H and O–H groups in total. The molecule has 6 nitrogen and oxygen atoms in total. The largest absolute Gasteiger partial charge is 0.462 e. The minimum atomic E-state index is -3.01. The molecule has 174 valence electrons. The van der Waals surface area contributed by atoms with Crippen LogP contribution in [-0.4, -0.2) is 28.7 Å². The van der Waals surface area contributed by atoms with Crippen LogP contribution in [0.3, 0.4) is 0 Å². The van der Waals surface area contributed by atoms with Crippen LogP contribution >= 0.6 is 15.9 Å². The average Bonchev–Trinajstić information content (AvgIpc) is 3.14. The maximum atomic E-state index is 13.3. The van der Waals surface area contributed by atoms with Gasteiger partial charge in [-0.05, 0) is 43.7 Å². The van der Waals surface area contributed by atoms with Crippen molar-refractivity contribution in [1.82, 2.24) is 9.55 Å². The third kappa shape index (κ3) is 4.73. The third-order valence-electron chi connectivity index (χ3n) is 5.51. The molecule has 1 atom stereocenters. The van der Waals surface area contributed by atoms with E-state index >= 15 is 0 Å². The quantitative estimate of drug-likeness (QED) is 0.274. The Morgan fingerprint density at radius 2 is 2.03 bits per heavy atom. The number of anilines is 1. The minimum Gasteiger partial charge on any atom is -0.462 e. The maximum Gasteiger partial charge on any atom is 0.387 e. The second kappa shape index (κ2) is 9.91. The van der Waals surface area contributed by atoms with Crippen molar-refractivity contribution in [1.29, 1.82) is 0 Å². The molecule has 0 bridgehead atoms. The molecule has 0 fully saturated rings. The van der Waals surface area contributed by atoms with E-state index in [9.17, 15) is 13.6 Å². The van der Waals surface area contributed by atoms with Crippen LogP contribution in [0.15, 0.2) is 58.2 Å². The van der Waals surface area contributed by atoms with E-state index in [1.807, 2.05) is 28.8 Å². The highest BCUT2D eigenvalue weighted by Crippen LogP contribution is 2.43. The molecule has 2 heterocycles. The van der Waals surface area contributed by atoms with E-state index in [2.05, 4.69) is 33.2 Å². The Morgan fingerprint density at radius 1 is 1.24 bits per heavy atom. The number of esters is 1. The lowest BCUT2D eigenvalue weighted by Crippen LogP contribution is -2.29. The Balaban J connectivity index is 1.88. The number of hydrogen-bond acceptors (Lipinski definition) is 5. The number of unbranched alkanes of at least 4 members (excludes halogenated alkanes) is 2. The molecule has 9 heteroatoms. The smallest absolute Gasteiger partial charge is 0.387 e. The summed E-state index contributed by atoms with van der Waals surface area (Å²) in [5.74, 6) is -0.0235. The van der Waals surface area contributed by atoms with Gasteiger partial charge in [-0.2, -0.15) is 8.78 Å². The number of para-hydroxylation sites is 2. The summed E-state index contributed by atoms with van der Waals surface area (Å²) < 4.78 is 39.4. The molecular weight excluding hydrogens is 496 g/mol. The Hall–Kier alpha value is -2.94. The second-order valence-electron chi connectivity index (χ2n) is 7.76. The summed E-state index contributed by atoms with van der Waals surface area (Å²) in [5, 5.41) is 3.19. The number of imidazole rings is 1. The van der Waals surface area contributed by atoms with Gasteiger partial charge in [0.25, 0.3) is 0 Å². The fourth-order valence-electron chi connectivity index (χ4n) is 4.05. The van der Waals surface area contributed by atoms with Gasteiger partial charge >= 0.3 is 12.6 Å². The molecule has 0 unspecified atom stereocenters. The number of allylic oxidation sites excluding steroid dienone is 1. The van der Waals surface area contributed by atoms with E-state index in [1.165, 1.54) is 6.07 Å². The summed E-state index contributed by atoms with van der Waals surface area (Å²) in [6.07, 6.45) is 2.70. The fourth-order valence-corrected chi connectivity index (χ4v) is 4.43. The number of benzene rings is 2. The van der Waals surface area contributed by atoms with Crippen molar-refractivity contribution in [3.63, 3.8) is 0 Å². The lowest BCUT2D eigenvalue weighted by molar-refractivity contribution is -0.139. The third-order valence-corrected chi connectivity index (χ3v) is 6.01. The first-order valence-corrected chi connectivity index (χ1v) is 11.6. The topological polar surface area (TPSA) is 65.4 Å². The first-order chi connectivity index (χ1) is 15.9. The van der Waals surface area contributed by atoms with Crippen LogP contribution in [0.25, 0.3) is 11.0 Å². The summed E-state index contributed by atoms with van der Waals surface area (Å²) in [7, 11) is 0. The van der Waals surface area contributed by atoms with E-state index < -0.39 is 18.6 Å². The molecule has 1 aliphatic heterocycles. The molecule has 3 aromatic rings. The van der Waals surface area contributed by atoms with Gasteiger partial charge in [-0.15, -0.1) is 0 Å². The lowest BCUT2D eigenvalue weighted by atomic mass is 9.94. The van der Waals surface area contributed by atoms with Crippen molar-refractivity contribution >= 4 is 38.9 Å². The lowest BCUT2D eigenvalue weighted by Gasteiger charge is -2.31. The monoisotopic (exact) mass is 519 g/mol. The normalized spacial score (nSPS) is 15.5. The van der Waals surface area contributed by atoms with Crippen LogP contribution in [0.1, 0.15) is 44.7 Å². The van der Waals surface area contributed by atoms with E-state index in [-0.39, 0.29) is 12.4 Å². The number of fused-ring (bicyclic) bond motifs is 3. The first-order valence-electron chi connectivity index (χ1n) is 10.8. The molecule has 4 rings (SSSR count). The summed E-state index contributed by atoms with van der Waals surface area (Å²) in [5.41, 5.74) is 2.72. The first kappa shape index (κ1) is 23.2. The SMILES string of the molecule is CCCCCOC(=O)C1=C(C)Nc2nc3ccccc3n2[C@@H]1c1cc(Br)ccc1OC(F)F. The molecule has 0 amide bonds. The Bertz CT molecular complexity index is 1210. The zero-order valence-corrected chi connectivity index (χ0v) is 19.9. The van der Waals surface area contributed by atoms with Crippen LogP contribution in [0.5, 0.6) is 5.75 Å². The Labute approximate surface area is 198 Å². The highest BCUT2D eigenvalue weighted by molar-refractivity contribution is 9.10. The Morgan fingerprint density at radius 3 is 2.79 bits per heavy atom. The number of hydrogen-bond donors (Lipinski definition) is 1. The van der Waals surface area contributed by atoms with Crippen molar-refractivity contribution < 1.29 is 23.0 Å². The Kier molecular flexibility index (Phi) is 6.97. The molecular formula is C24H24BrF2N3O3. The maximum absolute atomic E-state index is 13.3. The molecule has 0 saturated heterocycles. The van der Waals surface area contributed by atoms with Gasteiger partial charge < -0.3 is 14.8 Å². The minimum absolute atomic E-state index is 0.0204. The molecule has 33 heavy (non-hydrogen) atoms. The average molecular weight is 520 g/mol. The van der Waals surface area contributed by atoms with Crippen LogP contribution in [-0.2, 0) is 9.53 Å². The number of nitrogens with zero attached hydrogens (tertiary/aromatic N) is 2. The molecule has 2 aromatic carbocycles. The summed E-state index contributed by atoms with van der Waals surface area (Å²) in [6, 6.07) is 11.4. The summed E-state index contributed by atoms with van der Waals surface area (Å²) in [6.45, 7) is 1.09. The molecule has 0 saturated carbocycles. The van der Waals surface area contributed by atoms with Gasteiger partial charge in [-0.25, -0.2) is 9.78 Å². The number of nitrogens with one attached hydrogen (secondary N) is 1. The van der Waals surface area contributed by atoms with Crippen molar-refractivity contribution in [2.45, 2.75) is 45.8 Å². The zero-order chi connectivity index (χ0) is 23.5. The molecule has 0 spiro atoms. The predicted molar refractivity (Wildman–Crippen MR) is 125 cm³/mol. The van der Waals surface area contributed by atoms with Crippen molar-refractivity contribution in [3.8, 4) is 5.75 Å². The zero-order valence-electron chi connectivity index (χ0n) is 18.3. The van der Waals surface area contributed by atoms with Crippen LogP contribution in [0.2, 0.25) is 0 Å². The van der Waals surface area contributed by atoms with Gasteiger partial charge in [0.2, 0.25) is 5.95 Å². The number of rotatable bonds is 8. The standard InChI is InChI=1S/C24H24BrF2N3O3/c1-3-4-7-12-32-22(31)20-14(2)28-24-29-17-8-5-6-9-18(17)30(24)21(20)16-13-15(25)10-11-19(16)33-23(26)27/h5-6,8-11,13,21,23H,3-4,7,12H2,1-2H3,(H,28,29)/t21-/m1/s1. The number of halogens is 3. The summed E-state index contributed by atoms with van der Waals surface area (Å²) >= 11 is 3.43. The van der Waals surface area contributed by atoms with Crippen molar-refractivity contribution in [3.05, 3.63) is 63.8 Å². The number of alkyl halides is 2. The van der Waals surface area contributed by atoms with Crippen LogP contribution < -0.4 is 10.1 Å². The van der Waals surface area contributed by atoms with E-state index in [1.54, 1.807) is 19.1 Å². The molecule has 0 radical (unpaired) electrons.